The summed E-state index contributed by atoms with van der Waals surface area (Å²) in [5.74, 6) is -1.99. The molecule has 1 aliphatic rings. The van der Waals surface area contributed by atoms with Gasteiger partial charge in [0.25, 0.3) is 5.91 Å². The van der Waals surface area contributed by atoms with Crippen molar-refractivity contribution in [2.24, 2.45) is 17.6 Å². The molecular weight excluding hydrogens is 380 g/mol. The second kappa shape index (κ2) is 10.3. The number of likely N-dealkylation sites (N-methyl/N-ethyl adjacent to an activating group) is 1. The second-order valence-electron chi connectivity index (χ2n) is 8.68. The largest absolute Gasteiger partial charge is 0.390 e. The molecule has 29 heavy (non-hydrogen) atoms. The van der Waals surface area contributed by atoms with Crippen molar-refractivity contribution in [3.63, 3.8) is 0 Å². The molecule has 0 bridgehead atoms. The van der Waals surface area contributed by atoms with Crippen LogP contribution in [0.3, 0.4) is 0 Å². The van der Waals surface area contributed by atoms with Crippen LogP contribution in [0.15, 0.2) is 0 Å². The van der Waals surface area contributed by atoms with Crippen LogP contribution in [0.25, 0.3) is 0 Å². The minimum absolute atomic E-state index is 0.0415. The molecule has 0 saturated heterocycles. The Morgan fingerprint density at radius 2 is 1.72 bits per heavy atom. The van der Waals surface area contributed by atoms with Gasteiger partial charge in [-0.2, -0.15) is 0 Å². The fourth-order valence-electron chi connectivity index (χ4n) is 3.67. The van der Waals surface area contributed by atoms with Gasteiger partial charge in [-0.3, -0.25) is 14.4 Å². The number of primary amides is 1. The van der Waals surface area contributed by atoms with E-state index in [0.717, 1.165) is 0 Å². The van der Waals surface area contributed by atoms with Crippen molar-refractivity contribution in [1.82, 2.24) is 16.0 Å². The van der Waals surface area contributed by atoms with Gasteiger partial charge in [-0.25, -0.2) is 0 Å². The van der Waals surface area contributed by atoms with Gasteiger partial charge in [-0.05, 0) is 25.3 Å². The van der Waals surface area contributed by atoms with E-state index < -0.39 is 60.1 Å². The zero-order valence-electron chi connectivity index (χ0n) is 17.8. The van der Waals surface area contributed by atoms with Crippen LogP contribution in [0.4, 0.5) is 0 Å². The molecule has 168 valence electrons. The van der Waals surface area contributed by atoms with Gasteiger partial charge >= 0.3 is 0 Å². The number of carbonyl (C=O) groups excluding carboxylic acids is 3. The Kier molecular flexibility index (Phi) is 9.01. The molecule has 0 aromatic heterocycles. The number of carbonyl (C=O) groups is 3. The third-order valence-corrected chi connectivity index (χ3v) is 5.28. The molecule has 6 atom stereocenters. The van der Waals surface area contributed by atoms with Gasteiger partial charge in [-0.15, -0.1) is 0 Å². The van der Waals surface area contributed by atoms with Crippen molar-refractivity contribution in [3.05, 3.63) is 0 Å². The molecule has 1 aliphatic carbocycles. The van der Waals surface area contributed by atoms with Crippen LogP contribution < -0.4 is 21.7 Å². The van der Waals surface area contributed by atoms with Crippen LogP contribution in [0.1, 0.15) is 47.0 Å². The molecule has 0 radical (unpaired) electrons. The lowest BCUT2D eigenvalue weighted by Gasteiger charge is -2.42. The summed E-state index contributed by atoms with van der Waals surface area (Å²) in [5, 5.41) is 39.3. The monoisotopic (exact) mass is 416 g/mol. The molecule has 8 N–H and O–H groups in total. The quantitative estimate of drug-likeness (QED) is 0.227. The summed E-state index contributed by atoms with van der Waals surface area (Å²) < 4.78 is 0. The Bertz CT molecular complexity index is 599. The van der Waals surface area contributed by atoms with Crippen LogP contribution in [0.5, 0.6) is 0 Å². The van der Waals surface area contributed by atoms with Crippen molar-refractivity contribution < 1.29 is 29.7 Å². The van der Waals surface area contributed by atoms with Gasteiger partial charge in [-0.1, -0.05) is 27.7 Å². The van der Waals surface area contributed by atoms with Crippen molar-refractivity contribution in [1.29, 1.82) is 0 Å². The Labute approximate surface area is 171 Å². The summed E-state index contributed by atoms with van der Waals surface area (Å²) in [6.45, 7) is 7.40. The zero-order chi connectivity index (χ0) is 22.5. The number of rotatable bonds is 9. The lowest BCUT2D eigenvalue weighted by Crippen LogP contribution is -2.65. The Balaban J connectivity index is 2.96. The molecule has 3 amide bonds. The van der Waals surface area contributed by atoms with Crippen LogP contribution >= 0.6 is 0 Å². The molecule has 10 heteroatoms. The number of hydrogen-bond acceptors (Lipinski definition) is 7. The Morgan fingerprint density at radius 3 is 2.17 bits per heavy atom. The lowest BCUT2D eigenvalue weighted by molar-refractivity contribution is -0.161. The molecule has 1 fully saturated rings. The highest BCUT2D eigenvalue weighted by Crippen LogP contribution is 2.30. The first kappa shape index (κ1) is 25.3. The van der Waals surface area contributed by atoms with Crippen molar-refractivity contribution in [2.75, 3.05) is 7.05 Å². The van der Waals surface area contributed by atoms with Crippen LogP contribution in [-0.2, 0) is 14.4 Å². The van der Waals surface area contributed by atoms with Gasteiger partial charge in [0, 0.05) is 12.8 Å². The fourth-order valence-corrected chi connectivity index (χ4v) is 3.67. The van der Waals surface area contributed by atoms with Gasteiger partial charge in [0.05, 0.1) is 18.2 Å². The van der Waals surface area contributed by atoms with E-state index in [-0.39, 0.29) is 18.3 Å². The predicted octanol–water partition coefficient (Wildman–Crippen LogP) is -2.02. The highest BCUT2D eigenvalue weighted by molar-refractivity contribution is 5.91. The van der Waals surface area contributed by atoms with E-state index in [1.54, 1.807) is 7.05 Å². The summed E-state index contributed by atoms with van der Waals surface area (Å²) in [7, 11) is 1.62. The third kappa shape index (κ3) is 6.63. The third-order valence-electron chi connectivity index (χ3n) is 5.28. The number of nitrogens with one attached hydrogen (secondary N) is 3. The average Bonchev–Trinajstić information content (AvgIpc) is 2.58. The molecular formula is C19H36N4O6. The average molecular weight is 417 g/mol. The topological polar surface area (TPSA) is 174 Å². The number of hydrogen-bond donors (Lipinski definition) is 7. The highest BCUT2D eigenvalue weighted by atomic mass is 16.3. The van der Waals surface area contributed by atoms with Gasteiger partial charge in [0.1, 0.15) is 17.7 Å². The van der Waals surface area contributed by atoms with Crippen molar-refractivity contribution in [2.45, 2.75) is 82.9 Å². The van der Waals surface area contributed by atoms with E-state index in [0.29, 0.717) is 6.42 Å². The number of aliphatic hydroxyl groups is 3. The molecule has 0 aromatic carbocycles. The first-order valence-electron chi connectivity index (χ1n) is 9.98. The molecule has 6 unspecified atom stereocenters. The SMILES string of the molecule is CNC(C(=O)NC1CC(O)(C(=O)NC(CC(C)C)C(N)=O)CC(O)C1O)C(C)C. The minimum Gasteiger partial charge on any atom is -0.390 e. The number of nitrogens with two attached hydrogens (primary N) is 1. The predicted molar refractivity (Wildman–Crippen MR) is 106 cm³/mol. The maximum atomic E-state index is 12.7. The van der Waals surface area contributed by atoms with E-state index in [9.17, 15) is 29.7 Å². The molecule has 1 rings (SSSR count). The smallest absolute Gasteiger partial charge is 0.252 e. The van der Waals surface area contributed by atoms with Gasteiger partial charge < -0.3 is 37.0 Å². The summed E-state index contributed by atoms with van der Waals surface area (Å²) in [6, 6.07) is -2.57. The maximum Gasteiger partial charge on any atom is 0.252 e. The number of aliphatic hydroxyl groups excluding tert-OH is 2. The first-order valence-corrected chi connectivity index (χ1v) is 9.98. The van der Waals surface area contributed by atoms with Crippen LogP contribution in [0, 0.1) is 11.8 Å². The Hall–Kier alpha value is -1.75. The summed E-state index contributed by atoms with van der Waals surface area (Å²) in [6.07, 6.45) is -3.24. The summed E-state index contributed by atoms with van der Waals surface area (Å²) >= 11 is 0. The maximum absolute atomic E-state index is 12.7. The minimum atomic E-state index is -2.08. The molecule has 0 aliphatic heterocycles. The van der Waals surface area contributed by atoms with E-state index >= 15 is 0 Å². The summed E-state index contributed by atoms with van der Waals surface area (Å²) in [5.41, 5.74) is 3.26. The fraction of sp³-hybridized carbons (Fsp3) is 0.842. The zero-order valence-corrected chi connectivity index (χ0v) is 17.8. The summed E-state index contributed by atoms with van der Waals surface area (Å²) in [4.78, 5) is 36.8. The normalized spacial score (nSPS) is 29.4. The van der Waals surface area contributed by atoms with E-state index in [1.165, 1.54) is 0 Å². The van der Waals surface area contributed by atoms with E-state index in [4.69, 9.17) is 5.73 Å². The first-order chi connectivity index (χ1) is 13.3. The van der Waals surface area contributed by atoms with Crippen molar-refractivity contribution in [3.8, 4) is 0 Å². The molecule has 0 aromatic rings. The second-order valence-corrected chi connectivity index (χ2v) is 8.68. The molecule has 10 nitrogen and oxygen atoms in total. The molecule has 1 saturated carbocycles. The Morgan fingerprint density at radius 1 is 1.14 bits per heavy atom. The van der Waals surface area contributed by atoms with E-state index in [1.807, 2.05) is 27.7 Å². The van der Waals surface area contributed by atoms with Gasteiger partial charge in [0.15, 0.2) is 0 Å². The standard InChI is InChI=1S/C19H36N4O6/c1-9(2)6-11(16(20)26)23-18(28)19(29)7-12(15(25)13(24)8-19)22-17(27)14(21-5)10(3)4/h9-15,21,24-25,29H,6-8H2,1-5H3,(H2,20,26)(H,22,27)(H,23,28). The van der Waals surface area contributed by atoms with Crippen LogP contribution in [-0.4, -0.2) is 76.0 Å². The highest BCUT2D eigenvalue weighted by Gasteiger charge is 2.50. The molecule has 0 spiro atoms. The van der Waals surface area contributed by atoms with Crippen molar-refractivity contribution >= 4 is 17.7 Å². The lowest BCUT2D eigenvalue weighted by atomic mass is 9.77. The van der Waals surface area contributed by atoms with Gasteiger partial charge in [0.2, 0.25) is 11.8 Å². The number of amides is 3. The van der Waals surface area contributed by atoms with Crippen LogP contribution in [0.2, 0.25) is 0 Å². The molecule has 0 heterocycles. The van der Waals surface area contributed by atoms with E-state index in [2.05, 4.69) is 16.0 Å².